The maximum absolute atomic E-state index is 12.6. The third-order valence-electron chi connectivity index (χ3n) is 6.07. The van der Waals surface area contributed by atoms with Gasteiger partial charge in [0.2, 0.25) is 5.91 Å². The number of hydroxylamine groups is 2. The number of phenolic OH excluding ortho intramolecular Hbond substituents is 1. The first-order chi connectivity index (χ1) is 14.9. The van der Waals surface area contributed by atoms with Crippen LogP contribution < -0.4 is 4.74 Å². The number of rotatable bonds is 8. The van der Waals surface area contributed by atoms with Crippen LogP contribution in [0.1, 0.15) is 24.8 Å². The summed E-state index contributed by atoms with van der Waals surface area (Å²) in [5.41, 5.74) is 0.247. The molecule has 2 fully saturated rings. The van der Waals surface area contributed by atoms with Crippen molar-refractivity contribution in [1.29, 1.82) is 0 Å². The average molecular weight is 431 g/mol. The third kappa shape index (κ3) is 4.75. The molecule has 31 heavy (non-hydrogen) atoms. The largest absolute Gasteiger partial charge is 0.504 e. The van der Waals surface area contributed by atoms with Crippen molar-refractivity contribution in [2.75, 3.05) is 40.5 Å². The summed E-state index contributed by atoms with van der Waals surface area (Å²) in [6, 6.07) is 5.20. The highest BCUT2D eigenvalue weighted by atomic mass is 16.7. The maximum atomic E-state index is 12.6. The number of hydrogen-bond acceptors (Lipinski definition) is 7. The molecule has 2 aliphatic heterocycles. The molecule has 1 aromatic rings. The molecule has 1 unspecified atom stereocenters. The number of carbonyl (C=O) groups is 2. The van der Waals surface area contributed by atoms with Gasteiger partial charge >= 0.3 is 5.97 Å². The molecular formula is C23H30N2O6. The number of piperidine rings is 1. The topological polar surface area (TPSA) is 88.5 Å². The number of benzene rings is 1. The fourth-order valence-electron chi connectivity index (χ4n) is 4.42. The number of phenols is 1. The second-order valence-corrected chi connectivity index (χ2v) is 7.79. The van der Waals surface area contributed by atoms with Crippen LogP contribution >= 0.6 is 0 Å². The molecule has 1 spiro atoms. The van der Waals surface area contributed by atoms with Crippen molar-refractivity contribution >= 4 is 18.0 Å². The fourth-order valence-corrected chi connectivity index (χ4v) is 4.42. The highest BCUT2D eigenvalue weighted by Gasteiger charge is 2.58. The van der Waals surface area contributed by atoms with Crippen LogP contribution in [0.15, 0.2) is 36.9 Å². The highest BCUT2D eigenvalue weighted by molar-refractivity contribution is 5.88. The first kappa shape index (κ1) is 22.8. The van der Waals surface area contributed by atoms with E-state index < -0.39 is 11.5 Å². The molecule has 1 amide bonds. The molecule has 1 N–H and O–H groups in total. The zero-order chi connectivity index (χ0) is 22.4. The van der Waals surface area contributed by atoms with Crippen LogP contribution in [0, 0.1) is 5.92 Å². The lowest BCUT2D eigenvalue weighted by Gasteiger charge is -2.45. The van der Waals surface area contributed by atoms with Gasteiger partial charge < -0.3 is 14.6 Å². The van der Waals surface area contributed by atoms with Gasteiger partial charge in [0, 0.05) is 26.1 Å². The van der Waals surface area contributed by atoms with Crippen LogP contribution in [0.3, 0.4) is 0 Å². The van der Waals surface area contributed by atoms with Crippen LogP contribution in [-0.2, 0) is 19.2 Å². The molecule has 3 rings (SSSR count). The number of carbonyl (C=O) groups excluding carboxylic acids is 2. The Bertz CT molecular complexity index is 844. The van der Waals surface area contributed by atoms with E-state index in [4.69, 9.17) is 14.3 Å². The minimum Gasteiger partial charge on any atom is -0.504 e. The Hall–Kier alpha value is -2.84. The summed E-state index contributed by atoms with van der Waals surface area (Å²) >= 11 is 0. The number of amides is 1. The molecular weight excluding hydrogens is 400 g/mol. The Morgan fingerprint density at radius 1 is 1.32 bits per heavy atom. The van der Waals surface area contributed by atoms with E-state index >= 15 is 0 Å². The van der Waals surface area contributed by atoms with Crippen LogP contribution in [-0.4, -0.2) is 72.9 Å². The third-order valence-corrected chi connectivity index (χ3v) is 6.07. The van der Waals surface area contributed by atoms with Gasteiger partial charge in [-0.05, 0) is 30.5 Å². The first-order valence-corrected chi connectivity index (χ1v) is 10.4. The van der Waals surface area contributed by atoms with Crippen molar-refractivity contribution in [3.63, 3.8) is 0 Å². The summed E-state index contributed by atoms with van der Waals surface area (Å²) in [7, 11) is 2.87. The second kappa shape index (κ2) is 9.98. The monoisotopic (exact) mass is 430 g/mol. The minimum absolute atomic E-state index is 0.104. The minimum atomic E-state index is -0.683. The maximum Gasteiger partial charge on any atom is 0.311 e. The Morgan fingerprint density at radius 3 is 2.71 bits per heavy atom. The predicted molar refractivity (Wildman–Crippen MR) is 115 cm³/mol. The molecule has 8 heteroatoms. The summed E-state index contributed by atoms with van der Waals surface area (Å²) in [5.74, 6) is -0.548. The number of nitrogens with zero attached hydrogens (tertiary/aromatic N) is 2. The highest BCUT2D eigenvalue weighted by Crippen LogP contribution is 2.44. The van der Waals surface area contributed by atoms with Crippen LogP contribution in [0.25, 0.3) is 6.08 Å². The summed E-state index contributed by atoms with van der Waals surface area (Å²) in [5, 5.41) is 11.1. The van der Waals surface area contributed by atoms with E-state index in [9.17, 15) is 14.7 Å². The van der Waals surface area contributed by atoms with Gasteiger partial charge in [0.15, 0.2) is 11.5 Å². The zero-order valence-corrected chi connectivity index (χ0v) is 18.1. The summed E-state index contributed by atoms with van der Waals surface area (Å²) in [6.07, 6.45) is 6.96. The average Bonchev–Trinajstić information content (AvgIpc) is 3.05. The zero-order valence-electron chi connectivity index (χ0n) is 18.1. The van der Waals surface area contributed by atoms with Crippen molar-refractivity contribution in [2.45, 2.75) is 24.8 Å². The number of ether oxygens (including phenoxy) is 2. The van der Waals surface area contributed by atoms with Crippen molar-refractivity contribution < 1.29 is 29.0 Å². The van der Waals surface area contributed by atoms with Crippen molar-refractivity contribution in [1.82, 2.24) is 9.96 Å². The molecule has 0 radical (unpaired) electrons. The Kier molecular flexibility index (Phi) is 7.35. The van der Waals surface area contributed by atoms with Crippen LogP contribution in [0.2, 0.25) is 0 Å². The Morgan fingerprint density at radius 2 is 2.06 bits per heavy atom. The van der Waals surface area contributed by atoms with Crippen molar-refractivity contribution in [3.8, 4) is 11.5 Å². The Labute approximate surface area is 182 Å². The van der Waals surface area contributed by atoms with Gasteiger partial charge in [-0.1, -0.05) is 24.3 Å². The molecule has 168 valence electrons. The van der Waals surface area contributed by atoms with E-state index in [-0.39, 0.29) is 30.7 Å². The van der Waals surface area contributed by atoms with Crippen molar-refractivity contribution in [3.05, 3.63) is 42.5 Å². The van der Waals surface area contributed by atoms with E-state index in [1.165, 1.54) is 19.3 Å². The summed E-state index contributed by atoms with van der Waals surface area (Å²) < 4.78 is 10.1. The SMILES string of the molecule is C=CCON1C(=O)CC(C(=O)OC)C12CCN(C/C=C/c1ccc(O)c(OC)c1)CC2. The molecule has 0 saturated carbocycles. The van der Waals surface area contributed by atoms with Gasteiger partial charge in [-0.2, -0.15) is 0 Å². The number of aromatic hydroxyl groups is 1. The molecule has 2 heterocycles. The lowest BCUT2D eigenvalue weighted by Crippen LogP contribution is -2.57. The molecule has 0 bridgehead atoms. The normalized spacial score (nSPS) is 21.0. The molecule has 1 atom stereocenters. The van der Waals surface area contributed by atoms with Crippen LogP contribution in [0.5, 0.6) is 11.5 Å². The first-order valence-electron chi connectivity index (χ1n) is 10.4. The lowest BCUT2D eigenvalue weighted by molar-refractivity contribution is -0.217. The van der Waals surface area contributed by atoms with E-state index in [1.807, 2.05) is 18.2 Å². The summed E-state index contributed by atoms with van der Waals surface area (Å²) in [4.78, 5) is 32.9. The number of hydrogen-bond donors (Lipinski definition) is 1. The fraction of sp³-hybridized carbons (Fsp3) is 0.478. The van der Waals surface area contributed by atoms with E-state index in [0.717, 1.165) is 25.2 Å². The summed E-state index contributed by atoms with van der Waals surface area (Å²) in [6.45, 7) is 6.02. The Balaban J connectivity index is 1.65. The smallest absolute Gasteiger partial charge is 0.311 e. The van der Waals surface area contributed by atoms with Gasteiger partial charge in [0.25, 0.3) is 0 Å². The van der Waals surface area contributed by atoms with Gasteiger partial charge in [0.05, 0.1) is 32.3 Å². The van der Waals surface area contributed by atoms with E-state index in [0.29, 0.717) is 18.6 Å². The van der Waals surface area contributed by atoms with Gasteiger partial charge in [0.1, 0.15) is 0 Å². The molecule has 1 aromatic carbocycles. The number of methoxy groups -OCH3 is 2. The standard InChI is InChI=1S/C23H30N2O6/c1-4-14-31-25-21(27)16-18(22(28)30-3)23(25)9-12-24(13-10-23)11-5-6-17-7-8-19(26)20(15-17)29-2/h4-8,15,18,26H,1,9-14,16H2,2-3H3/b6-5+. The van der Waals surface area contributed by atoms with Gasteiger partial charge in [-0.25, -0.2) is 5.06 Å². The number of esters is 1. The lowest BCUT2D eigenvalue weighted by atomic mass is 9.77. The second-order valence-electron chi connectivity index (χ2n) is 7.79. The van der Waals surface area contributed by atoms with Gasteiger partial charge in [-0.15, -0.1) is 6.58 Å². The molecule has 8 nitrogen and oxygen atoms in total. The van der Waals surface area contributed by atoms with Crippen LogP contribution in [0.4, 0.5) is 0 Å². The molecule has 2 saturated heterocycles. The quantitative estimate of drug-likeness (QED) is 0.500. The van der Waals surface area contributed by atoms with E-state index in [1.54, 1.807) is 18.2 Å². The van der Waals surface area contributed by atoms with Crippen molar-refractivity contribution in [2.24, 2.45) is 5.92 Å². The molecule has 0 aliphatic carbocycles. The van der Waals surface area contributed by atoms with E-state index in [2.05, 4.69) is 11.5 Å². The predicted octanol–water partition coefficient (Wildman–Crippen LogP) is 2.39. The molecule has 2 aliphatic rings. The molecule has 0 aromatic heterocycles. The number of likely N-dealkylation sites (tertiary alicyclic amines) is 1. The van der Waals surface area contributed by atoms with Gasteiger partial charge in [-0.3, -0.25) is 19.3 Å².